The Bertz CT molecular complexity index is 206. The first-order valence-electron chi connectivity index (χ1n) is 6.09. The molecule has 0 radical (unpaired) electrons. The van der Waals surface area contributed by atoms with Gasteiger partial charge in [-0.15, -0.1) is 0 Å². The molecule has 0 rings (SSSR count). The first-order chi connectivity index (χ1) is 7.22. The molecule has 0 fully saturated rings. The highest BCUT2D eigenvalue weighted by Crippen LogP contribution is 2.17. The first-order valence-corrected chi connectivity index (χ1v) is 6.09. The third kappa shape index (κ3) is 8.72. The summed E-state index contributed by atoms with van der Waals surface area (Å²) in [7, 11) is 0. The second kappa shape index (κ2) is 6.89. The average molecular weight is 230 g/mol. The second-order valence-corrected chi connectivity index (χ2v) is 5.67. The van der Waals surface area contributed by atoms with Gasteiger partial charge in [-0.05, 0) is 46.0 Å². The molecule has 0 aromatic heterocycles. The van der Waals surface area contributed by atoms with Crippen molar-refractivity contribution in [3.05, 3.63) is 0 Å². The number of carbonyl (C=O) groups is 1. The lowest BCUT2D eigenvalue weighted by Crippen LogP contribution is -2.20. The minimum absolute atomic E-state index is 0.0753. The molecule has 3 nitrogen and oxygen atoms in total. The highest BCUT2D eigenvalue weighted by atomic mass is 16.5. The Morgan fingerprint density at radius 2 is 1.75 bits per heavy atom. The van der Waals surface area contributed by atoms with Crippen molar-refractivity contribution in [3.8, 4) is 0 Å². The van der Waals surface area contributed by atoms with Crippen LogP contribution in [0.15, 0.2) is 0 Å². The van der Waals surface area contributed by atoms with Gasteiger partial charge in [0.15, 0.2) is 0 Å². The van der Waals surface area contributed by atoms with E-state index in [2.05, 4.69) is 6.92 Å². The molecule has 0 saturated heterocycles. The van der Waals surface area contributed by atoms with Gasteiger partial charge in [0.25, 0.3) is 0 Å². The van der Waals surface area contributed by atoms with Crippen LogP contribution < -0.4 is 0 Å². The Balaban J connectivity index is 3.59. The van der Waals surface area contributed by atoms with Crippen molar-refractivity contribution in [2.75, 3.05) is 6.61 Å². The van der Waals surface area contributed by atoms with Gasteiger partial charge in [0, 0.05) is 6.61 Å². The summed E-state index contributed by atoms with van der Waals surface area (Å²) >= 11 is 0. The topological polar surface area (TPSA) is 46.5 Å². The molecule has 0 aliphatic heterocycles. The first kappa shape index (κ1) is 15.4. The number of carboxylic acid groups (broad SMARTS) is 1. The van der Waals surface area contributed by atoms with Crippen LogP contribution in [0.3, 0.4) is 0 Å². The van der Waals surface area contributed by atoms with Crippen molar-refractivity contribution in [2.24, 2.45) is 11.8 Å². The molecule has 0 aromatic rings. The molecule has 0 amide bonds. The normalized spacial score (nSPS) is 15.8. The standard InChI is InChI=1S/C13H26O3/c1-10(6-7-11(2)12(14)15)8-9-16-13(3,4)5/h10-11H,6-9H2,1-5H3,(H,14,15). The van der Waals surface area contributed by atoms with Crippen molar-refractivity contribution < 1.29 is 14.6 Å². The zero-order chi connectivity index (χ0) is 12.8. The maximum absolute atomic E-state index is 10.6. The summed E-state index contributed by atoms with van der Waals surface area (Å²) in [5.74, 6) is -0.395. The number of hydrogen-bond donors (Lipinski definition) is 1. The van der Waals surface area contributed by atoms with Crippen LogP contribution in [0, 0.1) is 11.8 Å². The van der Waals surface area contributed by atoms with Gasteiger partial charge in [0.1, 0.15) is 0 Å². The van der Waals surface area contributed by atoms with E-state index in [9.17, 15) is 4.79 Å². The monoisotopic (exact) mass is 230 g/mol. The molecule has 2 atom stereocenters. The summed E-state index contributed by atoms with van der Waals surface area (Å²) in [5.41, 5.74) is -0.0753. The van der Waals surface area contributed by atoms with Crippen molar-refractivity contribution in [1.82, 2.24) is 0 Å². The summed E-state index contributed by atoms with van der Waals surface area (Å²) in [5, 5.41) is 8.75. The molecular weight excluding hydrogens is 204 g/mol. The zero-order valence-electron chi connectivity index (χ0n) is 11.2. The number of ether oxygens (including phenoxy) is 1. The van der Waals surface area contributed by atoms with Crippen LogP contribution in [0.1, 0.15) is 53.9 Å². The number of carboxylic acids is 1. The smallest absolute Gasteiger partial charge is 0.306 e. The van der Waals surface area contributed by atoms with Gasteiger partial charge in [-0.2, -0.15) is 0 Å². The molecular formula is C13H26O3. The summed E-state index contributed by atoms with van der Waals surface area (Å²) in [6.07, 6.45) is 2.72. The molecule has 2 unspecified atom stereocenters. The van der Waals surface area contributed by atoms with Crippen LogP contribution in [0.25, 0.3) is 0 Å². The van der Waals surface area contributed by atoms with Gasteiger partial charge < -0.3 is 9.84 Å². The molecule has 0 saturated carbocycles. The van der Waals surface area contributed by atoms with Gasteiger partial charge in [-0.25, -0.2) is 0 Å². The fourth-order valence-electron chi connectivity index (χ4n) is 1.37. The van der Waals surface area contributed by atoms with Crippen LogP contribution in [0.5, 0.6) is 0 Å². The Kier molecular flexibility index (Phi) is 6.65. The van der Waals surface area contributed by atoms with Crippen molar-refractivity contribution >= 4 is 5.97 Å². The molecule has 1 N–H and O–H groups in total. The van der Waals surface area contributed by atoms with Gasteiger partial charge in [-0.3, -0.25) is 4.79 Å². The van der Waals surface area contributed by atoms with Gasteiger partial charge in [-0.1, -0.05) is 13.8 Å². The Labute approximate surface area is 99.2 Å². The van der Waals surface area contributed by atoms with Gasteiger partial charge in [0.05, 0.1) is 11.5 Å². The maximum atomic E-state index is 10.6. The van der Waals surface area contributed by atoms with E-state index < -0.39 is 5.97 Å². The third-order valence-electron chi connectivity index (χ3n) is 2.66. The fraction of sp³-hybridized carbons (Fsp3) is 0.923. The summed E-state index contributed by atoms with van der Waals surface area (Å²) in [6, 6.07) is 0. The van der Waals surface area contributed by atoms with E-state index in [0.29, 0.717) is 5.92 Å². The van der Waals surface area contributed by atoms with E-state index in [1.807, 2.05) is 20.8 Å². The van der Waals surface area contributed by atoms with E-state index in [-0.39, 0.29) is 11.5 Å². The quantitative estimate of drug-likeness (QED) is 0.729. The predicted octanol–water partition coefficient (Wildman–Crippen LogP) is 3.33. The minimum Gasteiger partial charge on any atom is -0.481 e. The van der Waals surface area contributed by atoms with Gasteiger partial charge in [0.2, 0.25) is 0 Å². The fourth-order valence-corrected chi connectivity index (χ4v) is 1.37. The van der Waals surface area contributed by atoms with E-state index in [4.69, 9.17) is 9.84 Å². The zero-order valence-corrected chi connectivity index (χ0v) is 11.2. The third-order valence-corrected chi connectivity index (χ3v) is 2.66. The van der Waals surface area contributed by atoms with E-state index >= 15 is 0 Å². The summed E-state index contributed by atoms with van der Waals surface area (Å²) in [6.45, 7) is 10.8. The van der Waals surface area contributed by atoms with Gasteiger partial charge >= 0.3 is 5.97 Å². The van der Waals surface area contributed by atoms with E-state index in [1.54, 1.807) is 6.92 Å². The maximum Gasteiger partial charge on any atom is 0.306 e. The van der Waals surface area contributed by atoms with Crippen molar-refractivity contribution in [2.45, 2.75) is 59.5 Å². The molecule has 3 heteroatoms. The van der Waals surface area contributed by atoms with Crippen LogP contribution in [0.4, 0.5) is 0 Å². The molecule has 0 spiro atoms. The average Bonchev–Trinajstić information content (AvgIpc) is 2.11. The molecule has 0 aliphatic rings. The molecule has 16 heavy (non-hydrogen) atoms. The SMILES string of the molecule is CC(CCOC(C)(C)C)CCC(C)C(=O)O. The van der Waals surface area contributed by atoms with Crippen molar-refractivity contribution in [3.63, 3.8) is 0 Å². The van der Waals surface area contributed by atoms with E-state index in [0.717, 1.165) is 25.9 Å². The Morgan fingerprint density at radius 3 is 2.19 bits per heavy atom. The van der Waals surface area contributed by atoms with Crippen LogP contribution in [-0.2, 0) is 9.53 Å². The predicted molar refractivity (Wildman–Crippen MR) is 65.5 cm³/mol. The lowest BCUT2D eigenvalue weighted by Gasteiger charge is -2.21. The lowest BCUT2D eigenvalue weighted by atomic mass is 9.96. The molecule has 0 aromatic carbocycles. The molecule has 0 aliphatic carbocycles. The second-order valence-electron chi connectivity index (χ2n) is 5.67. The van der Waals surface area contributed by atoms with Crippen LogP contribution in [-0.4, -0.2) is 23.3 Å². The minimum atomic E-state index is -0.696. The Morgan fingerprint density at radius 1 is 1.19 bits per heavy atom. The largest absolute Gasteiger partial charge is 0.481 e. The van der Waals surface area contributed by atoms with E-state index in [1.165, 1.54) is 0 Å². The number of rotatable bonds is 7. The molecule has 0 bridgehead atoms. The Hall–Kier alpha value is -0.570. The van der Waals surface area contributed by atoms with Crippen LogP contribution >= 0.6 is 0 Å². The molecule has 0 heterocycles. The number of hydrogen-bond acceptors (Lipinski definition) is 2. The lowest BCUT2D eigenvalue weighted by molar-refractivity contribution is -0.141. The highest BCUT2D eigenvalue weighted by molar-refractivity contribution is 5.69. The van der Waals surface area contributed by atoms with Crippen molar-refractivity contribution in [1.29, 1.82) is 0 Å². The summed E-state index contributed by atoms with van der Waals surface area (Å²) < 4.78 is 5.64. The molecule has 96 valence electrons. The van der Waals surface area contributed by atoms with Crippen LogP contribution in [0.2, 0.25) is 0 Å². The number of aliphatic carboxylic acids is 1. The highest BCUT2D eigenvalue weighted by Gasteiger charge is 2.14. The summed E-state index contributed by atoms with van der Waals surface area (Å²) in [4.78, 5) is 10.6.